The molecule has 0 aromatic carbocycles. The van der Waals surface area contributed by atoms with Gasteiger partial charge in [-0.3, -0.25) is 0 Å². The Hall–Kier alpha value is -1.29. The molecule has 1 saturated carbocycles. The second kappa shape index (κ2) is 5.87. The van der Waals surface area contributed by atoms with Gasteiger partial charge in [-0.15, -0.1) is 0 Å². The smallest absolute Gasteiger partial charge is 0.171 e. The van der Waals surface area contributed by atoms with E-state index in [0.29, 0.717) is 19.2 Å². The van der Waals surface area contributed by atoms with Crippen LogP contribution in [0.4, 0.5) is 5.82 Å². The molecule has 4 heteroatoms. The Morgan fingerprint density at radius 2 is 2.35 bits per heavy atom. The lowest BCUT2D eigenvalue weighted by Crippen LogP contribution is -2.42. The number of nitrogens with zero attached hydrogens (tertiary/aromatic N) is 2. The number of hydrogen-bond acceptors (Lipinski definition) is 4. The molecule has 2 rings (SSSR count). The zero-order valence-corrected chi connectivity index (χ0v) is 10.3. The zero-order valence-electron chi connectivity index (χ0n) is 10.3. The maximum absolute atomic E-state index is 9.18. The minimum Gasteiger partial charge on any atom is -0.490 e. The van der Waals surface area contributed by atoms with Gasteiger partial charge in [0.05, 0.1) is 13.2 Å². The Morgan fingerprint density at radius 3 is 2.94 bits per heavy atom. The van der Waals surface area contributed by atoms with Gasteiger partial charge in [0.1, 0.15) is 0 Å². The van der Waals surface area contributed by atoms with E-state index in [0.717, 1.165) is 11.6 Å². The van der Waals surface area contributed by atoms with Gasteiger partial charge in [0.2, 0.25) is 0 Å². The van der Waals surface area contributed by atoms with E-state index in [1.54, 1.807) is 6.20 Å². The molecule has 0 spiro atoms. The quantitative estimate of drug-likeness (QED) is 0.818. The topological polar surface area (TPSA) is 45.6 Å². The summed E-state index contributed by atoms with van der Waals surface area (Å²) >= 11 is 0. The number of aliphatic hydroxyl groups is 1. The van der Waals surface area contributed by atoms with Crippen molar-refractivity contribution in [2.75, 3.05) is 24.7 Å². The van der Waals surface area contributed by atoms with Crippen LogP contribution in [0, 0.1) is 0 Å². The molecule has 1 aromatic rings. The molecule has 0 amide bonds. The molecule has 1 aromatic heterocycles. The first-order chi connectivity index (χ1) is 8.36. The summed E-state index contributed by atoms with van der Waals surface area (Å²) in [7, 11) is 0. The summed E-state index contributed by atoms with van der Waals surface area (Å²) < 4.78 is 5.60. The molecule has 1 fully saturated rings. The maximum Gasteiger partial charge on any atom is 0.171 e. The molecule has 4 nitrogen and oxygen atoms in total. The average molecular weight is 236 g/mol. The first kappa shape index (κ1) is 12.2. The third kappa shape index (κ3) is 2.69. The largest absolute Gasteiger partial charge is 0.490 e. The molecular formula is C13H20N2O2. The van der Waals surface area contributed by atoms with Crippen LogP contribution in [0.2, 0.25) is 0 Å². The minimum absolute atomic E-state index is 0.151. The molecule has 0 unspecified atom stereocenters. The number of anilines is 1. The lowest BCUT2D eigenvalue weighted by Gasteiger charge is -2.38. The van der Waals surface area contributed by atoms with Crippen LogP contribution in [0.3, 0.4) is 0 Å². The summed E-state index contributed by atoms with van der Waals surface area (Å²) in [6.45, 7) is 3.38. The van der Waals surface area contributed by atoms with Crippen LogP contribution < -0.4 is 9.64 Å². The van der Waals surface area contributed by atoms with Crippen molar-refractivity contribution in [3.63, 3.8) is 0 Å². The second-order valence-electron chi connectivity index (χ2n) is 4.26. The molecule has 0 radical (unpaired) electrons. The highest BCUT2D eigenvalue weighted by atomic mass is 16.5. The Labute approximate surface area is 102 Å². The van der Waals surface area contributed by atoms with Gasteiger partial charge in [0, 0.05) is 18.8 Å². The lowest BCUT2D eigenvalue weighted by molar-refractivity contribution is 0.280. The molecule has 1 aliphatic carbocycles. The highest BCUT2D eigenvalue weighted by molar-refractivity contribution is 5.53. The van der Waals surface area contributed by atoms with Gasteiger partial charge in [-0.2, -0.15) is 0 Å². The van der Waals surface area contributed by atoms with Gasteiger partial charge >= 0.3 is 0 Å². The first-order valence-corrected chi connectivity index (χ1v) is 6.32. The van der Waals surface area contributed by atoms with Gasteiger partial charge in [-0.05, 0) is 38.3 Å². The summed E-state index contributed by atoms with van der Waals surface area (Å²) in [6, 6.07) is 4.33. The van der Waals surface area contributed by atoms with Crippen molar-refractivity contribution in [3.8, 4) is 5.75 Å². The SMILES string of the molecule is CCOc1cccnc1N(CCO)C1CCC1. The van der Waals surface area contributed by atoms with Gasteiger partial charge in [0.15, 0.2) is 11.6 Å². The summed E-state index contributed by atoms with van der Waals surface area (Å²) in [4.78, 5) is 6.58. The van der Waals surface area contributed by atoms with Crippen LogP contribution in [-0.2, 0) is 0 Å². The van der Waals surface area contributed by atoms with Crippen molar-refractivity contribution in [1.29, 1.82) is 0 Å². The van der Waals surface area contributed by atoms with Crippen molar-refractivity contribution < 1.29 is 9.84 Å². The fraction of sp³-hybridized carbons (Fsp3) is 0.615. The Balaban J connectivity index is 2.21. The van der Waals surface area contributed by atoms with Crippen molar-refractivity contribution in [2.24, 2.45) is 0 Å². The van der Waals surface area contributed by atoms with E-state index in [1.165, 1.54) is 19.3 Å². The molecule has 94 valence electrons. The number of aliphatic hydroxyl groups excluding tert-OH is 1. The van der Waals surface area contributed by atoms with Crippen LogP contribution in [0.15, 0.2) is 18.3 Å². The normalized spacial score (nSPS) is 15.4. The van der Waals surface area contributed by atoms with Gasteiger partial charge in [0.25, 0.3) is 0 Å². The van der Waals surface area contributed by atoms with E-state index in [2.05, 4.69) is 9.88 Å². The molecule has 0 aliphatic heterocycles. The Morgan fingerprint density at radius 1 is 1.53 bits per heavy atom. The second-order valence-corrected chi connectivity index (χ2v) is 4.26. The molecule has 17 heavy (non-hydrogen) atoms. The van der Waals surface area contributed by atoms with Crippen molar-refractivity contribution in [3.05, 3.63) is 18.3 Å². The van der Waals surface area contributed by atoms with Crippen LogP contribution in [0.25, 0.3) is 0 Å². The predicted molar refractivity (Wildman–Crippen MR) is 67.5 cm³/mol. The van der Waals surface area contributed by atoms with Crippen LogP contribution in [0.5, 0.6) is 5.75 Å². The van der Waals surface area contributed by atoms with E-state index < -0.39 is 0 Å². The number of pyridine rings is 1. The summed E-state index contributed by atoms with van der Waals surface area (Å²) in [5.41, 5.74) is 0. The number of rotatable bonds is 6. The number of aromatic nitrogens is 1. The highest BCUT2D eigenvalue weighted by Gasteiger charge is 2.27. The molecule has 1 N–H and O–H groups in total. The van der Waals surface area contributed by atoms with E-state index in [9.17, 15) is 5.11 Å². The van der Waals surface area contributed by atoms with E-state index in [4.69, 9.17) is 4.74 Å². The monoisotopic (exact) mass is 236 g/mol. The van der Waals surface area contributed by atoms with Gasteiger partial charge in [-0.1, -0.05) is 0 Å². The molecule has 1 aliphatic rings. The molecular weight excluding hydrogens is 216 g/mol. The third-order valence-electron chi connectivity index (χ3n) is 3.18. The number of hydrogen-bond donors (Lipinski definition) is 1. The lowest BCUT2D eigenvalue weighted by atomic mass is 9.91. The van der Waals surface area contributed by atoms with Gasteiger partial charge in [-0.25, -0.2) is 4.98 Å². The van der Waals surface area contributed by atoms with Crippen molar-refractivity contribution >= 4 is 5.82 Å². The Bertz CT molecular complexity index is 353. The number of ether oxygens (including phenoxy) is 1. The molecule has 0 atom stereocenters. The molecule has 1 heterocycles. The standard InChI is InChI=1S/C13H20N2O2/c1-2-17-12-7-4-8-14-13(12)15(9-10-16)11-5-3-6-11/h4,7-8,11,16H,2-3,5-6,9-10H2,1H3. The van der Waals surface area contributed by atoms with E-state index in [-0.39, 0.29) is 6.61 Å². The zero-order chi connectivity index (χ0) is 12.1. The van der Waals surface area contributed by atoms with E-state index >= 15 is 0 Å². The van der Waals surface area contributed by atoms with Crippen molar-refractivity contribution in [2.45, 2.75) is 32.2 Å². The minimum atomic E-state index is 0.151. The predicted octanol–water partition coefficient (Wildman–Crippen LogP) is 1.83. The molecule has 0 bridgehead atoms. The third-order valence-corrected chi connectivity index (χ3v) is 3.18. The maximum atomic E-state index is 9.18. The summed E-state index contributed by atoms with van der Waals surface area (Å²) in [6.07, 6.45) is 5.41. The summed E-state index contributed by atoms with van der Waals surface area (Å²) in [5.74, 6) is 1.68. The fourth-order valence-electron chi connectivity index (χ4n) is 2.13. The van der Waals surface area contributed by atoms with Crippen LogP contribution >= 0.6 is 0 Å². The van der Waals surface area contributed by atoms with Gasteiger partial charge < -0.3 is 14.7 Å². The van der Waals surface area contributed by atoms with Crippen LogP contribution in [0.1, 0.15) is 26.2 Å². The van der Waals surface area contributed by atoms with E-state index in [1.807, 2.05) is 19.1 Å². The highest BCUT2D eigenvalue weighted by Crippen LogP contribution is 2.33. The van der Waals surface area contributed by atoms with Crippen LogP contribution in [-0.4, -0.2) is 35.9 Å². The molecule has 0 saturated heterocycles. The fourth-order valence-corrected chi connectivity index (χ4v) is 2.13. The first-order valence-electron chi connectivity index (χ1n) is 6.32. The van der Waals surface area contributed by atoms with Crippen molar-refractivity contribution in [1.82, 2.24) is 4.98 Å². The average Bonchev–Trinajstić information content (AvgIpc) is 2.27. The Kier molecular flexibility index (Phi) is 4.20. The summed E-state index contributed by atoms with van der Waals surface area (Å²) in [5, 5.41) is 9.18.